The van der Waals surface area contributed by atoms with Crippen LogP contribution in [-0.4, -0.2) is 4.98 Å². The molecule has 3 heteroatoms. The van der Waals surface area contributed by atoms with E-state index in [4.69, 9.17) is 4.74 Å². The maximum atomic E-state index is 5.83. The Morgan fingerprint density at radius 3 is 2.53 bits per heavy atom. The van der Waals surface area contributed by atoms with E-state index >= 15 is 0 Å². The Hall–Kier alpha value is -1.87. The molecule has 0 bridgehead atoms. The van der Waals surface area contributed by atoms with E-state index in [1.165, 1.54) is 15.8 Å². The molecule has 0 amide bonds. The molecular weight excluding hydrogens is 254 g/mol. The van der Waals surface area contributed by atoms with Gasteiger partial charge < -0.3 is 4.74 Å². The highest BCUT2D eigenvalue weighted by atomic mass is 32.1. The molecule has 0 spiro atoms. The summed E-state index contributed by atoms with van der Waals surface area (Å²) in [5.41, 5.74) is 3.49. The molecule has 2 nitrogen and oxygen atoms in total. The maximum absolute atomic E-state index is 5.83. The molecule has 0 aliphatic heterocycles. The van der Waals surface area contributed by atoms with Crippen LogP contribution in [0, 0.1) is 13.8 Å². The lowest BCUT2D eigenvalue weighted by Crippen LogP contribution is -1.95. The number of benzene rings is 2. The van der Waals surface area contributed by atoms with Crippen LogP contribution in [0.25, 0.3) is 10.2 Å². The fourth-order valence-corrected chi connectivity index (χ4v) is 3.02. The van der Waals surface area contributed by atoms with Crippen molar-refractivity contribution in [2.75, 3.05) is 0 Å². The van der Waals surface area contributed by atoms with E-state index in [2.05, 4.69) is 43.1 Å². The summed E-state index contributed by atoms with van der Waals surface area (Å²) in [6.45, 7) is 4.69. The molecule has 0 atom stereocenters. The van der Waals surface area contributed by atoms with E-state index in [1.807, 2.05) is 18.2 Å². The minimum atomic E-state index is 0.530. The monoisotopic (exact) mass is 269 g/mol. The number of aromatic nitrogens is 1. The lowest BCUT2D eigenvalue weighted by molar-refractivity contribution is 0.305. The van der Waals surface area contributed by atoms with Crippen LogP contribution in [0.4, 0.5) is 0 Å². The van der Waals surface area contributed by atoms with E-state index in [9.17, 15) is 0 Å². The highest BCUT2D eigenvalue weighted by molar-refractivity contribution is 7.18. The van der Waals surface area contributed by atoms with Crippen LogP contribution in [-0.2, 0) is 6.61 Å². The van der Waals surface area contributed by atoms with Gasteiger partial charge in [0.2, 0.25) is 0 Å². The number of rotatable bonds is 3. The summed E-state index contributed by atoms with van der Waals surface area (Å²) in [7, 11) is 0. The van der Waals surface area contributed by atoms with Crippen LogP contribution in [0.5, 0.6) is 5.75 Å². The Kier molecular flexibility index (Phi) is 3.22. The van der Waals surface area contributed by atoms with Crippen LogP contribution in [0.1, 0.15) is 16.1 Å². The summed E-state index contributed by atoms with van der Waals surface area (Å²) in [6.07, 6.45) is 0. The largest absolute Gasteiger partial charge is 0.486 e. The Labute approximate surface area is 116 Å². The molecule has 1 heterocycles. The number of thiazole rings is 1. The van der Waals surface area contributed by atoms with Crippen molar-refractivity contribution < 1.29 is 4.74 Å². The zero-order chi connectivity index (χ0) is 13.2. The zero-order valence-electron chi connectivity index (χ0n) is 11.0. The normalized spacial score (nSPS) is 10.8. The topological polar surface area (TPSA) is 22.1 Å². The highest BCUT2D eigenvalue weighted by Crippen LogP contribution is 2.23. The first-order valence-electron chi connectivity index (χ1n) is 6.26. The van der Waals surface area contributed by atoms with Gasteiger partial charge in [-0.05, 0) is 49.2 Å². The van der Waals surface area contributed by atoms with Crippen LogP contribution < -0.4 is 4.74 Å². The molecule has 0 unspecified atom stereocenters. The molecule has 19 heavy (non-hydrogen) atoms. The standard InChI is InChI=1S/C16H15NOS/c1-11-7-12(2)9-13(8-11)18-10-16-17-14-5-3-4-6-15(14)19-16/h3-9H,10H2,1-2H3. The lowest BCUT2D eigenvalue weighted by Gasteiger charge is -2.06. The van der Waals surface area contributed by atoms with Gasteiger partial charge in [0, 0.05) is 0 Å². The minimum absolute atomic E-state index is 0.530. The highest BCUT2D eigenvalue weighted by Gasteiger charge is 2.04. The molecule has 3 rings (SSSR count). The summed E-state index contributed by atoms with van der Waals surface area (Å²) in [4.78, 5) is 4.57. The van der Waals surface area contributed by atoms with Gasteiger partial charge in [-0.2, -0.15) is 0 Å². The second-order valence-corrected chi connectivity index (χ2v) is 5.80. The van der Waals surface area contributed by atoms with Crippen molar-refractivity contribution in [1.82, 2.24) is 4.98 Å². The predicted molar refractivity (Wildman–Crippen MR) is 79.9 cm³/mol. The Morgan fingerprint density at radius 2 is 1.79 bits per heavy atom. The Bertz CT molecular complexity index is 664. The van der Waals surface area contributed by atoms with Crippen molar-refractivity contribution in [3.63, 3.8) is 0 Å². The molecule has 2 aromatic carbocycles. The second-order valence-electron chi connectivity index (χ2n) is 4.69. The summed E-state index contributed by atoms with van der Waals surface area (Å²) in [5.74, 6) is 0.914. The van der Waals surface area contributed by atoms with Gasteiger partial charge in [-0.3, -0.25) is 0 Å². The van der Waals surface area contributed by atoms with Gasteiger partial charge in [0.15, 0.2) is 0 Å². The lowest BCUT2D eigenvalue weighted by atomic mass is 10.1. The van der Waals surface area contributed by atoms with Gasteiger partial charge in [0.1, 0.15) is 17.4 Å². The molecule has 1 aromatic heterocycles. The van der Waals surface area contributed by atoms with Gasteiger partial charge >= 0.3 is 0 Å². The molecule has 96 valence electrons. The summed E-state index contributed by atoms with van der Waals surface area (Å²) < 4.78 is 7.04. The van der Waals surface area contributed by atoms with E-state index < -0.39 is 0 Å². The molecule has 3 aromatic rings. The zero-order valence-corrected chi connectivity index (χ0v) is 11.8. The number of para-hydroxylation sites is 1. The molecule has 0 saturated carbocycles. The van der Waals surface area contributed by atoms with Crippen LogP contribution in [0.2, 0.25) is 0 Å². The average Bonchev–Trinajstić information content (AvgIpc) is 2.78. The molecule has 0 N–H and O–H groups in total. The number of ether oxygens (including phenoxy) is 1. The van der Waals surface area contributed by atoms with Crippen molar-refractivity contribution in [3.05, 3.63) is 58.6 Å². The number of nitrogens with zero attached hydrogens (tertiary/aromatic N) is 1. The molecule has 0 radical (unpaired) electrons. The SMILES string of the molecule is Cc1cc(C)cc(OCc2nc3ccccc3s2)c1. The quantitative estimate of drug-likeness (QED) is 0.698. The van der Waals surface area contributed by atoms with Gasteiger partial charge in [0.25, 0.3) is 0 Å². The third-order valence-corrected chi connectivity index (χ3v) is 3.91. The number of fused-ring (bicyclic) bond motifs is 1. The summed E-state index contributed by atoms with van der Waals surface area (Å²) in [5, 5.41) is 1.01. The first-order valence-corrected chi connectivity index (χ1v) is 7.08. The van der Waals surface area contributed by atoms with E-state index in [1.54, 1.807) is 11.3 Å². The van der Waals surface area contributed by atoms with Crippen molar-refractivity contribution in [3.8, 4) is 5.75 Å². The number of hydrogen-bond acceptors (Lipinski definition) is 3. The first kappa shape index (κ1) is 12.2. The number of aryl methyl sites for hydroxylation is 2. The van der Waals surface area contributed by atoms with Crippen molar-refractivity contribution in [1.29, 1.82) is 0 Å². The summed E-state index contributed by atoms with van der Waals surface area (Å²) >= 11 is 1.69. The van der Waals surface area contributed by atoms with Crippen LogP contribution in [0.3, 0.4) is 0 Å². The third-order valence-electron chi connectivity index (χ3n) is 2.90. The fourth-order valence-electron chi connectivity index (χ4n) is 2.14. The van der Waals surface area contributed by atoms with Crippen LogP contribution >= 0.6 is 11.3 Å². The molecule has 0 aliphatic rings. The third kappa shape index (κ3) is 2.76. The van der Waals surface area contributed by atoms with Gasteiger partial charge in [-0.15, -0.1) is 11.3 Å². The van der Waals surface area contributed by atoms with E-state index in [0.29, 0.717) is 6.61 Å². The second kappa shape index (κ2) is 5.02. The predicted octanol–water partition coefficient (Wildman–Crippen LogP) is 4.49. The Balaban J connectivity index is 1.78. The van der Waals surface area contributed by atoms with Crippen molar-refractivity contribution in [2.45, 2.75) is 20.5 Å². The first-order chi connectivity index (χ1) is 9.20. The summed E-state index contributed by atoms with van der Waals surface area (Å²) in [6, 6.07) is 14.4. The van der Waals surface area contributed by atoms with Gasteiger partial charge in [0.05, 0.1) is 10.2 Å². The molecular formula is C16H15NOS. The minimum Gasteiger partial charge on any atom is -0.486 e. The van der Waals surface area contributed by atoms with Crippen molar-refractivity contribution >= 4 is 21.6 Å². The number of hydrogen-bond donors (Lipinski definition) is 0. The van der Waals surface area contributed by atoms with E-state index in [-0.39, 0.29) is 0 Å². The Morgan fingerprint density at radius 1 is 1.05 bits per heavy atom. The van der Waals surface area contributed by atoms with Crippen molar-refractivity contribution in [2.24, 2.45) is 0 Å². The maximum Gasteiger partial charge on any atom is 0.140 e. The smallest absolute Gasteiger partial charge is 0.140 e. The van der Waals surface area contributed by atoms with Gasteiger partial charge in [-0.25, -0.2) is 4.98 Å². The van der Waals surface area contributed by atoms with Crippen LogP contribution in [0.15, 0.2) is 42.5 Å². The molecule has 0 saturated heterocycles. The average molecular weight is 269 g/mol. The molecule has 0 fully saturated rings. The fraction of sp³-hybridized carbons (Fsp3) is 0.188. The van der Waals surface area contributed by atoms with E-state index in [0.717, 1.165) is 16.3 Å². The molecule has 0 aliphatic carbocycles. The van der Waals surface area contributed by atoms with Gasteiger partial charge in [-0.1, -0.05) is 18.2 Å².